The number of rotatable bonds is 3. The third-order valence-corrected chi connectivity index (χ3v) is 1.73. The molecule has 0 aliphatic carbocycles. The van der Waals surface area contributed by atoms with Crippen molar-refractivity contribution in [3.63, 3.8) is 0 Å². The maximum Gasteiger partial charge on any atom is 0.401 e. The first kappa shape index (κ1) is 12.8. The summed E-state index contributed by atoms with van der Waals surface area (Å²) in [5.41, 5.74) is -0.620. The molecule has 7 heteroatoms. The van der Waals surface area contributed by atoms with Gasteiger partial charge in [-0.05, 0) is 0 Å². The molecule has 90 valence electrons. The maximum absolute atomic E-state index is 12.9. The lowest BCUT2D eigenvalue weighted by Gasteiger charge is -2.09. The average Bonchev–Trinajstić information content (AvgIpc) is 2.07. The summed E-state index contributed by atoms with van der Waals surface area (Å²) in [6, 6.07) is 0.821. The Balaban J connectivity index is 2.68. The Morgan fingerprint density at radius 2 is 1.50 bits per heavy atom. The molecule has 1 aromatic rings. The Kier molecular flexibility index (Phi) is 3.79. The zero-order chi connectivity index (χ0) is 12.3. The number of hydrogen-bond acceptors (Lipinski definition) is 1. The van der Waals surface area contributed by atoms with Crippen LogP contribution in [0.5, 0.6) is 0 Å². The fourth-order valence-corrected chi connectivity index (χ4v) is 1.07. The lowest BCUT2D eigenvalue weighted by atomic mass is 10.2. The Labute approximate surface area is 87.1 Å². The van der Waals surface area contributed by atoms with E-state index in [1.54, 1.807) is 0 Å². The van der Waals surface area contributed by atoms with Gasteiger partial charge in [-0.2, -0.15) is 13.2 Å². The van der Waals surface area contributed by atoms with Crippen molar-refractivity contribution >= 4 is 0 Å². The van der Waals surface area contributed by atoms with Gasteiger partial charge in [0.1, 0.15) is 17.5 Å². The van der Waals surface area contributed by atoms with E-state index >= 15 is 0 Å². The van der Waals surface area contributed by atoms with Gasteiger partial charge >= 0.3 is 6.18 Å². The molecule has 16 heavy (non-hydrogen) atoms. The summed E-state index contributed by atoms with van der Waals surface area (Å²) in [6.45, 7) is -2.03. The van der Waals surface area contributed by atoms with Crippen molar-refractivity contribution in [2.24, 2.45) is 0 Å². The van der Waals surface area contributed by atoms with E-state index in [2.05, 4.69) is 0 Å². The van der Waals surface area contributed by atoms with Crippen molar-refractivity contribution in [2.75, 3.05) is 6.54 Å². The van der Waals surface area contributed by atoms with E-state index in [9.17, 15) is 26.3 Å². The highest BCUT2D eigenvalue weighted by Gasteiger charge is 2.26. The van der Waals surface area contributed by atoms with Crippen LogP contribution >= 0.6 is 0 Å². The molecular formula is C9H7F6N. The second kappa shape index (κ2) is 4.73. The summed E-state index contributed by atoms with van der Waals surface area (Å²) in [6.07, 6.45) is -4.47. The summed E-state index contributed by atoms with van der Waals surface area (Å²) in [7, 11) is 0. The second-order valence-electron chi connectivity index (χ2n) is 3.07. The highest BCUT2D eigenvalue weighted by molar-refractivity contribution is 5.20. The third-order valence-electron chi connectivity index (χ3n) is 1.73. The molecule has 0 radical (unpaired) electrons. The predicted molar refractivity (Wildman–Crippen MR) is 44.1 cm³/mol. The second-order valence-corrected chi connectivity index (χ2v) is 3.07. The maximum atomic E-state index is 12.9. The van der Waals surface area contributed by atoms with Gasteiger partial charge in [-0.25, -0.2) is 13.2 Å². The van der Waals surface area contributed by atoms with Crippen LogP contribution in [0.2, 0.25) is 0 Å². The molecule has 1 aromatic carbocycles. The molecule has 0 aliphatic heterocycles. The SMILES string of the molecule is Fc1cc(F)c(CNCC(F)(F)F)c(F)c1. The Bertz CT molecular complexity index is 350. The number of nitrogens with one attached hydrogen (secondary N) is 1. The van der Waals surface area contributed by atoms with Crippen LogP contribution in [0.25, 0.3) is 0 Å². The van der Waals surface area contributed by atoms with Crippen LogP contribution < -0.4 is 5.32 Å². The van der Waals surface area contributed by atoms with Gasteiger partial charge < -0.3 is 5.32 Å². The van der Waals surface area contributed by atoms with E-state index < -0.39 is 42.3 Å². The molecule has 0 saturated heterocycles. The van der Waals surface area contributed by atoms with E-state index in [0.29, 0.717) is 12.1 Å². The van der Waals surface area contributed by atoms with Gasteiger partial charge in [0, 0.05) is 24.2 Å². The number of hydrogen-bond donors (Lipinski definition) is 1. The van der Waals surface area contributed by atoms with Crippen LogP contribution in [0, 0.1) is 17.5 Å². The van der Waals surface area contributed by atoms with Crippen molar-refractivity contribution in [1.29, 1.82) is 0 Å². The molecule has 0 amide bonds. The van der Waals surface area contributed by atoms with Crippen molar-refractivity contribution in [3.8, 4) is 0 Å². The van der Waals surface area contributed by atoms with Crippen LogP contribution in [0.3, 0.4) is 0 Å². The predicted octanol–water partition coefficient (Wildman–Crippen LogP) is 2.76. The van der Waals surface area contributed by atoms with E-state index in [-0.39, 0.29) is 0 Å². The normalized spacial score (nSPS) is 11.9. The monoisotopic (exact) mass is 243 g/mol. The Morgan fingerprint density at radius 3 is 1.94 bits per heavy atom. The molecule has 0 bridgehead atoms. The molecule has 0 fully saturated rings. The van der Waals surface area contributed by atoms with Gasteiger partial charge in [0.15, 0.2) is 0 Å². The molecule has 0 saturated carbocycles. The highest BCUT2D eigenvalue weighted by Crippen LogP contribution is 2.16. The number of alkyl halides is 3. The standard InChI is InChI=1S/C9H7F6N/c10-5-1-7(11)6(8(12)2-5)3-16-4-9(13,14)15/h1-2,16H,3-4H2. The van der Waals surface area contributed by atoms with E-state index in [1.165, 1.54) is 0 Å². The molecule has 1 rings (SSSR count). The topological polar surface area (TPSA) is 12.0 Å². The quantitative estimate of drug-likeness (QED) is 0.805. The molecule has 1 nitrogen and oxygen atoms in total. The smallest absolute Gasteiger partial charge is 0.304 e. The zero-order valence-corrected chi connectivity index (χ0v) is 7.84. The minimum absolute atomic E-state index is 0.410. The summed E-state index contributed by atoms with van der Waals surface area (Å²) in [5.74, 6) is -3.55. The first-order valence-corrected chi connectivity index (χ1v) is 4.20. The van der Waals surface area contributed by atoms with Gasteiger partial charge in [0.25, 0.3) is 0 Å². The van der Waals surface area contributed by atoms with Gasteiger partial charge in [-0.15, -0.1) is 0 Å². The first-order valence-electron chi connectivity index (χ1n) is 4.20. The van der Waals surface area contributed by atoms with E-state index in [1.807, 2.05) is 5.32 Å². The van der Waals surface area contributed by atoms with Crippen molar-refractivity contribution < 1.29 is 26.3 Å². The van der Waals surface area contributed by atoms with Crippen molar-refractivity contribution in [3.05, 3.63) is 35.1 Å². The van der Waals surface area contributed by atoms with Crippen LogP contribution in [-0.2, 0) is 6.54 Å². The first-order chi connectivity index (χ1) is 7.29. The molecule has 0 aromatic heterocycles. The summed E-state index contributed by atoms with van der Waals surface area (Å²) < 4.78 is 73.4. The van der Waals surface area contributed by atoms with E-state index in [0.717, 1.165) is 0 Å². The molecule has 0 unspecified atom stereocenters. The molecule has 0 atom stereocenters. The Morgan fingerprint density at radius 1 is 1.00 bits per heavy atom. The molecule has 0 spiro atoms. The highest BCUT2D eigenvalue weighted by atomic mass is 19.4. The van der Waals surface area contributed by atoms with E-state index in [4.69, 9.17) is 0 Å². The largest absolute Gasteiger partial charge is 0.401 e. The molecule has 0 aliphatic rings. The van der Waals surface area contributed by atoms with Crippen LogP contribution in [-0.4, -0.2) is 12.7 Å². The van der Waals surface area contributed by atoms with Crippen LogP contribution in [0.1, 0.15) is 5.56 Å². The summed E-state index contributed by atoms with van der Waals surface area (Å²) in [5, 5.41) is 1.82. The molecule has 1 N–H and O–H groups in total. The van der Waals surface area contributed by atoms with Crippen molar-refractivity contribution in [1.82, 2.24) is 5.32 Å². The lowest BCUT2D eigenvalue weighted by molar-refractivity contribution is -0.125. The zero-order valence-electron chi connectivity index (χ0n) is 7.84. The molecule has 0 heterocycles. The number of halogens is 6. The van der Waals surface area contributed by atoms with Gasteiger partial charge in [-0.3, -0.25) is 0 Å². The Hall–Kier alpha value is -1.24. The van der Waals surface area contributed by atoms with Gasteiger partial charge in [0.2, 0.25) is 0 Å². The summed E-state index contributed by atoms with van der Waals surface area (Å²) >= 11 is 0. The average molecular weight is 243 g/mol. The minimum atomic E-state index is -4.47. The lowest BCUT2D eigenvalue weighted by Crippen LogP contribution is -2.29. The third kappa shape index (κ3) is 3.73. The fraction of sp³-hybridized carbons (Fsp3) is 0.333. The van der Waals surface area contributed by atoms with Gasteiger partial charge in [0.05, 0.1) is 6.54 Å². The number of benzene rings is 1. The summed E-state index contributed by atoms with van der Waals surface area (Å²) in [4.78, 5) is 0. The molecular weight excluding hydrogens is 236 g/mol. The van der Waals surface area contributed by atoms with Crippen LogP contribution in [0.15, 0.2) is 12.1 Å². The minimum Gasteiger partial charge on any atom is -0.304 e. The fourth-order valence-electron chi connectivity index (χ4n) is 1.07. The van der Waals surface area contributed by atoms with Crippen LogP contribution in [0.4, 0.5) is 26.3 Å². The van der Waals surface area contributed by atoms with Gasteiger partial charge in [-0.1, -0.05) is 0 Å². The van der Waals surface area contributed by atoms with Crippen molar-refractivity contribution in [2.45, 2.75) is 12.7 Å².